The fraction of sp³-hybridized carbons (Fsp3) is 0.750. The molecule has 1 aliphatic rings. The number of alkyl halides is 1. The van der Waals surface area contributed by atoms with Gasteiger partial charge in [-0.05, 0) is 19.3 Å². The molecular weight excluding hydrogens is 272 g/mol. The van der Waals surface area contributed by atoms with E-state index < -0.39 is 15.4 Å². The first-order chi connectivity index (χ1) is 8.29. The van der Waals surface area contributed by atoms with Crippen molar-refractivity contribution in [3.63, 3.8) is 0 Å². The summed E-state index contributed by atoms with van der Waals surface area (Å²) in [6.45, 7) is 6.13. The van der Waals surface area contributed by atoms with E-state index in [0.29, 0.717) is 12.3 Å². The number of hydrogen-bond donors (Lipinski definition) is 0. The zero-order valence-corrected chi connectivity index (χ0v) is 12.6. The van der Waals surface area contributed by atoms with Gasteiger partial charge in [-0.1, -0.05) is 13.8 Å². The van der Waals surface area contributed by atoms with Crippen LogP contribution in [-0.4, -0.2) is 29.7 Å². The Morgan fingerprint density at radius 1 is 1.56 bits per heavy atom. The van der Waals surface area contributed by atoms with Crippen LogP contribution in [0.1, 0.15) is 44.4 Å². The van der Waals surface area contributed by atoms with Crippen LogP contribution in [-0.2, 0) is 21.3 Å². The van der Waals surface area contributed by atoms with E-state index in [1.165, 1.54) is 0 Å². The third-order valence-corrected chi connectivity index (χ3v) is 5.75. The first-order valence-electron chi connectivity index (χ1n) is 6.13. The average Bonchev–Trinajstić information content (AvgIpc) is 2.80. The fourth-order valence-electron chi connectivity index (χ4n) is 2.70. The number of halogens is 1. The summed E-state index contributed by atoms with van der Waals surface area (Å²) in [7, 11) is -2.94. The molecule has 0 N–H and O–H groups in total. The van der Waals surface area contributed by atoms with Crippen LogP contribution in [0.4, 0.5) is 0 Å². The molecule has 0 saturated carbocycles. The minimum absolute atomic E-state index is 0.170. The van der Waals surface area contributed by atoms with Crippen molar-refractivity contribution in [2.24, 2.45) is 0 Å². The van der Waals surface area contributed by atoms with Crippen LogP contribution in [0.2, 0.25) is 0 Å². The second-order valence-corrected chi connectivity index (χ2v) is 8.05. The Hall–Kier alpha value is -0.550. The summed E-state index contributed by atoms with van der Waals surface area (Å²) in [5.74, 6) is 1.11. The average molecular weight is 291 g/mol. The molecule has 1 saturated heterocycles. The molecule has 1 fully saturated rings. The Morgan fingerprint density at radius 3 is 2.67 bits per heavy atom. The molecule has 0 aliphatic carbocycles. The Morgan fingerprint density at radius 2 is 2.22 bits per heavy atom. The molecule has 1 aromatic rings. The lowest BCUT2D eigenvalue weighted by Crippen LogP contribution is -2.34. The highest BCUT2D eigenvalue weighted by Crippen LogP contribution is 2.34. The minimum Gasteiger partial charge on any atom is -0.262 e. The molecule has 6 heteroatoms. The van der Waals surface area contributed by atoms with Gasteiger partial charge in [-0.2, -0.15) is 5.10 Å². The van der Waals surface area contributed by atoms with Gasteiger partial charge in [0.2, 0.25) is 0 Å². The van der Waals surface area contributed by atoms with Gasteiger partial charge in [-0.15, -0.1) is 11.6 Å². The van der Waals surface area contributed by atoms with Crippen LogP contribution in [0.5, 0.6) is 0 Å². The van der Waals surface area contributed by atoms with Crippen molar-refractivity contribution in [3.05, 3.63) is 17.5 Å². The maximum absolute atomic E-state index is 11.7. The van der Waals surface area contributed by atoms with Gasteiger partial charge >= 0.3 is 0 Å². The standard InChI is InChI=1S/C12H19ClN2O2S/c1-9(2)11-10(6-13)7-14-15(11)12(3)4-5-18(16,17)8-12/h7,9H,4-6,8H2,1-3H3. The van der Waals surface area contributed by atoms with Crippen molar-refractivity contribution >= 4 is 21.4 Å². The van der Waals surface area contributed by atoms with E-state index in [2.05, 4.69) is 18.9 Å². The molecule has 0 radical (unpaired) electrons. The van der Waals surface area contributed by atoms with E-state index >= 15 is 0 Å². The first-order valence-corrected chi connectivity index (χ1v) is 8.48. The van der Waals surface area contributed by atoms with Crippen LogP contribution in [0.3, 0.4) is 0 Å². The van der Waals surface area contributed by atoms with E-state index in [0.717, 1.165) is 11.3 Å². The van der Waals surface area contributed by atoms with Gasteiger partial charge in [0.1, 0.15) is 0 Å². The lowest BCUT2D eigenvalue weighted by atomic mass is 9.99. The number of sulfone groups is 1. The molecule has 4 nitrogen and oxygen atoms in total. The van der Waals surface area contributed by atoms with Gasteiger partial charge in [-0.3, -0.25) is 4.68 Å². The lowest BCUT2D eigenvalue weighted by molar-refractivity contribution is 0.314. The van der Waals surface area contributed by atoms with E-state index in [1.54, 1.807) is 6.20 Å². The summed E-state index contributed by atoms with van der Waals surface area (Å²) in [6.07, 6.45) is 2.39. The van der Waals surface area contributed by atoms with Crippen LogP contribution in [0.25, 0.3) is 0 Å². The number of aromatic nitrogens is 2. The van der Waals surface area contributed by atoms with Crippen molar-refractivity contribution in [2.45, 2.75) is 44.5 Å². The first kappa shape index (κ1) is 13.9. The van der Waals surface area contributed by atoms with Crippen LogP contribution < -0.4 is 0 Å². The summed E-state index contributed by atoms with van der Waals surface area (Å²) < 4.78 is 25.3. The van der Waals surface area contributed by atoms with Crippen LogP contribution in [0, 0.1) is 0 Å². The van der Waals surface area contributed by atoms with Crippen molar-refractivity contribution in [2.75, 3.05) is 11.5 Å². The maximum Gasteiger partial charge on any atom is 0.152 e. The van der Waals surface area contributed by atoms with Crippen molar-refractivity contribution in [1.82, 2.24) is 9.78 Å². The zero-order valence-electron chi connectivity index (χ0n) is 11.0. The van der Waals surface area contributed by atoms with Gasteiger partial charge in [0.05, 0.1) is 29.1 Å². The molecule has 1 atom stereocenters. The molecule has 1 aliphatic heterocycles. The van der Waals surface area contributed by atoms with Crippen LogP contribution >= 0.6 is 11.6 Å². The largest absolute Gasteiger partial charge is 0.262 e. The Kier molecular flexibility index (Phi) is 3.49. The van der Waals surface area contributed by atoms with Crippen molar-refractivity contribution in [1.29, 1.82) is 0 Å². The predicted molar refractivity (Wildman–Crippen MR) is 72.8 cm³/mol. The SMILES string of the molecule is CC(C)c1c(CCl)cnn1C1(C)CCS(=O)(=O)C1. The van der Waals surface area contributed by atoms with E-state index in [4.69, 9.17) is 11.6 Å². The molecule has 0 amide bonds. The summed E-state index contributed by atoms with van der Waals surface area (Å²) in [5.41, 5.74) is 1.63. The highest BCUT2D eigenvalue weighted by Gasteiger charge is 2.42. The highest BCUT2D eigenvalue weighted by molar-refractivity contribution is 7.91. The van der Waals surface area contributed by atoms with Gasteiger partial charge < -0.3 is 0 Å². The molecule has 18 heavy (non-hydrogen) atoms. The molecule has 1 aromatic heterocycles. The summed E-state index contributed by atoms with van der Waals surface area (Å²) in [5, 5.41) is 4.40. The molecule has 0 spiro atoms. The van der Waals surface area contributed by atoms with Crippen LogP contribution in [0.15, 0.2) is 6.20 Å². The maximum atomic E-state index is 11.7. The van der Waals surface area contributed by atoms with Gasteiger partial charge in [0.25, 0.3) is 0 Å². The van der Waals surface area contributed by atoms with Crippen molar-refractivity contribution in [3.8, 4) is 0 Å². The quantitative estimate of drug-likeness (QED) is 0.803. The summed E-state index contributed by atoms with van der Waals surface area (Å²) in [6, 6.07) is 0. The zero-order chi connectivity index (χ0) is 13.6. The second-order valence-electron chi connectivity index (χ2n) is 5.59. The third-order valence-electron chi connectivity index (χ3n) is 3.57. The van der Waals surface area contributed by atoms with E-state index in [1.807, 2.05) is 11.6 Å². The molecule has 0 aromatic carbocycles. The normalized spacial score (nSPS) is 26.9. The number of rotatable bonds is 3. The Bertz CT molecular complexity index is 550. The molecule has 2 rings (SSSR count). The topological polar surface area (TPSA) is 52.0 Å². The molecule has 2 heterocycles. The smallest absolute Gasteiger partial charge is 0.152 e. The van der Waals surface area contributed by atoms with Crippen molar-refractivity contribution < 1.29 is 8.42 Å². The monoisotopic (exact) mass is 290 g/mol. The second kappa shape index (κ2) is 4.53. The summed E-state index contributed by atoms with van der Waals surface area (Å²) >= 11 is 5.93. The molecule has 102 valence electrons. The van der Waals surface area contributed by atoms with Gasteiger partial charge in [0.15, 0.2) is 9.84 Å². The van der Waals surface area contributed by atoms with E-state index in [-0.39, 0.29) is 17.4 Å². The van der Waals surface area contributed by atoms with E-state index in [9.17, 15) is 8.42 Å². The fourth-order valence-corrected chi connectivity index (χ4v) is 5.02. The Balaban J connectivity index is 2.49. The minimum atomic E-state index is -2.94. The van der Waals surface area contributed by atoms with Gasteiger partial charge in [-0.25, -0.2) is 8.42 Å². The number of hydrogen-bond acceptors (Lipinski definition) is 3. The highest BCUT2D eigenvalue weighted by atomic mass is 35.5. The lowest BCUT2D eigenvalue weighted by Gasteiger charge is -2.27. The molecule has 0 bridgehead atoms. The molecular formula is C12H19ClN2O2S. The summed E-state index contributed by atoms with van der Waals surface area (Å²) in [4.78, 5) is 0. The Labute approximate surface area is 113 Å². The van der Waals surface area contributed by atoms with Gasteiger partial charge in [0, 0.05) is 11.3 Å². The third kappa shape index (κ3) is 2.30. The predicted octanol–water partition coefficient (Wildman–Crippen LogP) is 2.28. The molecule has 1 unspecified atom stereocenters. The number of nitrogens with zero attached hydrogens (tertiary/aromatic N) is 2.